The zero-order valence-electron chi connectivity index (χ0n) is 13.9. The second-order valence-electron chi connectivity index (χ2n) is 6.20. The van der Waals surface area contributed by atoms with Gasteiger partial charge < -0.3 is 19.1 Å². The van der Waals surface area contributed by atoms with Gasteiger partial charge in [-0.3, -0.25) is 0 Å². The molecule has 0 amide bonds. The first-order valence-electron chi connectivity index (χ1n) is 8.15. The third-order valence-electron chi connectivity index (χ3n) is 4.75. The van der Waals surface area contributed by atoms with Gasteiger partial charge in [0, 0.05) is 28.9 Å². The topological polar surface area (TPSA) is 73.6 Å². The van der Waals surface area contributed by atoms with E-state index in [-0.39, 0.29) is 12.5 Å². The highest BCUT2D eigenvalue weighted by atomic mass is 16.7. The molecule has 0 saturated carbocycles. The average Bonchev–Trinajstić information content (AvgIpc) is 3.24. The fourth-order valence-electron chi connectivity index (χ4n) is 3.55. The van der Waals surface area contributed by atoms with Crippen LogP contribution in [0.3, 0.4) is 0 Å². The highest BCUT2D eigenvalue weighted by molar-refractivity contribution is 6.13. The summed E-state index contributed by atoms with van der Waals surface area (Å²) in [5.74, 6) is 0.259. The Labute approximate surface area is 148 Å². The molecule has 2 aromatic carbocycles. The molecule has 5 rings (SSSR count). The van der Waals surface area contributed by atoms with Gasteiger partial charge in [0.05, 0.1) is 11.2 Å². The summed E-state index contributed by atoms with van der Waals surface area (Å²) < 4.78 is 12.9. The third-order valence-corrected chi connectivity index (χ3v) is 4.75. The van der Waals surface area contributed by atoms with Gasteiger partial charge in [-0.15, -0.1) is 0 Å². The maximum Gasteiger partial charge on any atom is 0.354 e. The molecule has 2 aromatic heterocycles. The molecule has 1 aliphatic heterocycles. The number of hydrogen-bond acceptors (Lipinski definition) is 4. The van der Waals surface area contributed by atoms with Crippen molar-refractivity contribution in [3.63, 3.8) is 0 Å². The molecule has 0 atom stereocenters. The minimum atomic E-state index is -1.05. The lowest BCUT2D eigenvalue weighted by Crippen LogP contribution is -2.03. The third kappa shape index (κ3) is 1.99. The molecule has 0 unspecified atom stereocenters. The average molecular weight is 346 g/mol. The number of carboxylic acid groups (broad SMARTS) is 1. The molecule has 0 radical (unpaired) electrons. The second kappa shape index (κ2) is 5.23. The van der Waals surface area contributed by atoms with E-state index in [0.717, 1.165) is 27.4 Å². The fraction of sp³-hybridized carbons (Fsp3) is 0.100. The van der Waals surface area contributed by atoms with Crippen LogP contribution in [0.25, 0.3) is 33.1 Å². The van der Waals surface area contributed by atoms with Crippen molar-refractivity contribution in [1.82, 2.24) is 9.55 Å². The van der Waals surface area contributed by atoms with Crippen molar-refractivity contribution in [2.45, 2.75) is 0 Å². The summed E-state index contributed by atoms with van der Waals surface area (Å²) in [5.41, 5.74) is 3.32. The standard InChI is InChI=1S/C20H14N2O4/c1-22-15-5-3-2-4-12(15)13-9-14(20(23)24)21-18(19(13)22)11-6-7-16-17(8-11)26-10-25-16/h2-9H,10H2,1H3,(H,23,24). The molecular formula is C20H14N2O4. The smallest absolute Gasteiger partial charge is 0.354 e. The quantitative estimate of drug-likeness (QED) is 0.597. The van der Waals surface area contributed by atoms with Crippen molar-refractivity contribution in [3.05, 3.63) is 54.2 Å². The summed E-state index contributed by atoms with van der Waals surface area (Å²) in [6.07, 6.45) is 0. The number of carboxylic acids is 1. The van der Waals surface area contributed by atoms with Crippen LogP contribution in [0.2, 0.25) is 0 Å². The molecule has 128 valence electrons. The molecule has 0 fully saturated rings. The molecule has 0 saturated heterocycles. The summed E-state index contributed by atoms with van der Waals surface area (Å²) in [6.45, 7) is 0.185. The molecule has 6 nitrogen and oxygen atoms in total. The van der Waals surface area contributed by atoms with Gasteiger partial charge in [0.2, 0.25) is 6.79 Å². The number of nitrogens with zero attached hydrogens (tertiary/aromatic N) is 2. The van der Waals surface area contributed by atoms with E-state index in [4.69, 9.17) is 9.47 Å². The van der Waals surface area contributed by atoms with Crippen LogP contribution in [0.5, 0.6) is 11.5 Å². The van der Waals surface area contributed by atoms with Gasteiger partial charge in [-0.2, -0.15) is 0 Å². The molecule has 0 bridgehead atoms. The van der Waals surface area contributed by atoms with Crippen molar-refractivity contribution < 1.29 is 19.4 Å². The van der Waals surface area contributed by atoms with Crippen molar-refractivity contribution in [2.75, 3.05) is 6.79 Å². The van der Waals surface area contributed by atoms with Crippen LogP contribution < -0.4 is 9.47 Å². The molecule has 26 heavy (non-hydrogen) atoms. The molecular weight excluding hydrogens is 332 g/mol. The summed E-state index contributed by atoms with van der Waals surface area (Å²) in [5, 5.41) is 11.4. The SMILES string of the molecule is Cn1c2ccccc2c2cc(C(=O)O)nc(-c3ccc4c(c3)OCO4)c21. The van der Waals surface area contributed by atoms with E-state index in [0.29, 0.717) is 17.2 Å². The van der Waals surface area contributed by atoms with E-state index in [1.54, 1.807) is 6.07 Å². The van der Waals surface area contributed by atoms with E-state index >= 15 is 0 Å². The lowest BCUT2D eigenvalue weighted by atomic mass is 10.1. The highest BCUT2D eigenvalue weighted by Gasteiger charge is 2.21. The largest absolute Gasteiger partial charge is 0.477 e. The Bertz CT molecular complexity index is 1210. The Hall–Kier alpha value is -3.54. The summed E-state index contributed by atoms with van der Waals surface area (Å²) in [4.78, 5) is 16.1. The Morgan fingerprint density at radius 1 is 1.08 bits per heavy atom. The number of carbonyl (C=O) groups is 1. The van der Waals surface area contributed by atoms with Gasteiger partial charge in [-0.25, -0.2) is 9.78 Å². The number of pyridine rings is 1. The Balaban J connectivity index is 1.90. The van der Waals surface area contributed by atoms with Crippen LogP contribution in [0.1, 0.15) is 10.5 Å². The van der Waals surface area contributed by atoms with E-state index < -0.39 is 5.97 Å². The predicted octanol–water partition coefficient (Wildman–Crippen LogP) is 3.82. The number of hydrogen-bond donors (Lipinski definition) is 1. The summed E-state index contributed by atoms with van der Waals surface area (Å²) in [6, 6.07) is 15.1. The zero-order valence-corrected chi connectivity index (χ0v) is 13.9. The van der Waals surface area contributed by atoms with Crippen molar-refractivity contribution in [2.24, 2.45) is 7.05 Å². The molecule has 4 aromatic rings. The van der Waals surface area contributed by atoms with Crippen LogP contribution in [-0.4, -0.2) is 27.4 Å². The first-order valence-corrected chi connectivity index (χ1v) is 8.15. The number of aryl methyl sites for hydroxylation is 1. The Morgan fingerprint density at radius 2 is 1.88 bits per heavy atom. The van der Waals surface area contributed by atoms with Gasteiger partial charge in [-0.1, -0.05) is 18.2 Å². The summed E-state index contributed by atoms with van der Waals surface area (Å²) in [7, 11) is 1.96. The first-order chi connectivity index (χ1) is 12.6. The number of rotatable bonds is 2. The molecule has 0 aliphatic carbocycles. The molecule has 1 N–H and O–H groups in total. The number of ether oxygens (including phenoxy) is 2. The van der Waals surface area contributed by atoms with Crippen LogP contribution >= 0.6 is 0 Å². The van der Waals surface area contributed by atoms with Crippen LogP contribution in [0.4, 0.5) is 0 Å². The zero-order chi connectivity index (χ0) is 17.8. The first kappa shape index (κ1) is 14.8. The number of benzene rings is 2. The second-order valence-corrected chi connectivity index (χ2v) is 6.20. The monoisotopic (exact) mass is 346 g/mol. The van der Waals surface area contributed by atoms with Crippen molar-refractivity contribution in [3.8, 4) is 22.8 Å². The van der Waals surface area contributed by atoms with Gasteiger partial charge in [0.15, 0.2) is 11.5 Å². The van der Waals surface area contributed by atoms with Crippen molar-refractivity contribution in [1.29, 1.82) is 0 Å². The maximum absolute atomic E-state index is 11.6. The van der Waals surface area contributed by atoms with Gasteiger partial charge >= 0.3 is 5.97 Å². The Morgan fingerprint density at radius 3 is 2.73 bits per heavy atom. The van der Waals surface area contributed by atoms with E-state index in [9.17, 15) is 9.90 Å². The predicted molar refractivity (Wildman–Crippen MR) is 96.7 cm³/mol. The number of aromatic carboxylic acids is 1. The van der Waals surface area contributed by atoms with Crippen molar-refractivity contribution >= 4 is 27.8 Å². The van der Waals surface area contributed by atoms with E-state index in [1.165, 1.54) is 0 Å². The number of fused-ring (bicyclic) bond motifs is 4. The van der Waals surface area contributed by atoms with Crippen LogP contribution in [0, 0.1) is 0 Å². The van der Waals surface area contributed by atoms with Gasteiger partial charge in [-0.05, 0) is 30.3 Å². The minimum Gasteiger partial charge on any atom is -0.477 e. The summed E-state index contributed by atoms with van der Waals surface area (Å²) >= 11 is 0. The van der Waals surface area contributed by atoms with Crippen LogP contribution in [-0.2, 0) is 7.05 Å². The fourth-order valence-corrected chi connectivity index (χ4v) is 3.55. The minimum absolute atomic E-state index is 0.0153. The van der Waals surface area contributed by atoms with Gasteiger partial charge in [0.1, 0.15) is 5.69 Å². The van der Waals surface area contributed by atoms with Crippen LogP contribution in [0.15, 0.2) is 48.5 Å². The normalized spacial score (nSPS) is 12.8. The van der Waals surface area contributed by atoms with E-state index in [1.807, 2.05) is 54.1 Å². The molecule has 6 heteroatoms. The number of para-hydroxylation sites is 1. The molecule has 1 aliphatic rings. The lowest BCUT2D eigenvalue weighted by Gasteiger charge is -2.08. The highest BCUT2D eigenvalue weighted by Crippen LogP contribution is 2.39. The Kier molecular flexibility index (Phi) is 2.97. The van der Waals surface area contributed by atoms with E-state index in [2.05, 4.69) is 4.98 Å². The molecule has 0 spiro atoms. The molecule has 3 heterocycles. The van der Waals surface area contributed by atoms with Gasteiger partial charge in [0.25, 0.3) is 0 Å². The number of aromatic nitrogens is 2. The lowest BCUT2D eigenvalue weighted by molar-refractivity contribution is 0.0691. The maximum atomic E-state index is 11.6.